The standard InChI is InChI=1S/C22H16ClNO2/c23-20-11-12-21(19-8-4-3-7-18(19)20)26-14-22(25)24-17-10-9-15-5-1-2-6-16(15)13-17/h1-13H,14H2,(H,24,25). The molecule has 0 fully saturated rings. The van der Waals surface area contributed by atoms with Crippen molar-refractivity contribution in [2.75, 3.05) is 11.9 Å². The highest BCUT2D eigenvalue weighted by atomic mass is 35.5. The quantitative estimate of drug-likeness (QED) is 0.509. The van der Waals surface area contributed by atoms with E-state index in [4.69, 9.17) is 16.3 Å². The molecular weight excluding hydrogens is 346 g/mol. The molecule has 0 saturated carbocycles. The Kier molecular flexibility index (Phi) is 4.46. The molecule has 0 bridgehead atoms. The van der Waals surface area contributed by atoms with Crippen molar-refractivity contribution in [3.05, 3.63) is 83.9 Å². The van der Waals surface area contributed by atoms with Gasteiger partial charge < -0.3 is 10.1 Å². The van der Waals surface area contributed by atoms with Crippen molar-refractivity contribution in [2.45, 2.75) is 0 Å². The Bertz CT molecular complexity index is 1110. The van der Waals surface area contributed by atoms with E-state index in [0.29, 0.717) is 10.8 Å². The minimum absolute atomic E-state index is 0.0710. The van der Waals surface area contributed by atoms with Crippen molar-refractivity contribution in [1.82, 2.24) is 0 Å². The molecule has 0 heterocycles. The van der Waals surface area contributed by atoms with Gasteiger partial charge in [-0.05, 0) is 35.0 Å². The van der Waals surface area contributed by atoms with Crippen molar-refractivity contribution >= 4 is 44.7 Å². The Morgan fingerprint density at radius 1 is 0.846 bits per heavy atom. The molecule has 0 unspecified atom stereocenters. The van der Waals surface area contributed by atoms with Crippen LogP contribution in [0.1, 0.15) is 0 Å². The number of anilines is 1. The second kappa shape index (κ2) is 7.06. The van der Waals surface area contributed by atoms with Crippen molar-refractivity contribution in [3.63, 3.8) is 0 Å². The number of fused-ring (bicyclic) bond motifs is 2. The normalized spacial score (nSPS) is 10.8. The summed E-state index contributed by atoms with van der Waals surface area (Å²) in [5.74, 6) is 0.429. The Labute approximate surface area is 156 Å². The Morgan fingerprint density at radius 2 is 1.58 bits per heavy atom. The number of carbonyl (C=O) groups excluding carboxylic acids is 1. The number of halogens is 1. The Hall–Kier alpha value is -3.04. The summed E-state index contributed by atoms with van der Waals surface area (Å²) < 4.78 is 5.73. The molecule has 0 radical (unpaired) electrons. The number of nitrogens with one attached hydrogen (secondary N) is 1. The molecule has 0 spiro atoms. The zero-order valence-corrected chi connectivity index (χ0v) is 14.7. The van der Waals surface area contributed by atoms with Gasteiger partial charge in [0, 0.05) is 21.5 Å². The first-order chi connectivity index (χ1) is 12.7. The van der Waals surface area contributed by atoms with Crippen LogP contribution in [0, 0.1) is 0 Å². The van der Waals surface area contributed by atoms with Crippen LogP contribution in [0.3, 0.4) is 0 Å². The molecule has 4 heteroatoms. The van der Waals surface area contributed by atoms with Gasteiger partial charge in [-0.15, -0.1) is 0 Å². The van der Waals surface area contributed by atoms with Gasteiger partial charge in [0.2, 0.25) is 0 Å². The lowest BCUT2D eigenvalue weighted by atomic mass is 10.1. The van der Waals surface area contributed by atoms with E-state index >= 15 is 0 Å². The zero-order chi connectivity index (χ0) is 17.9. The second-order valence-corrected chi connectivity index (χ2v) is 6.40. The summed E-state index contributed by atoms with van der Waals surface area (Å²) in [7, 11) is 0. The third-order valence-corrected chi connectivity index (χ3v) is 4.55. The number of hydrogen-bond donors (Lipinski definition) is 1. The largest absolute Gasteiger partial charge is 0.483 e. The van der Waals surface area contributed by atoms with Gasteiger partial charge in [0.05, 0.1) is 0 Å². The molecule has 0 atom stereocenters. The van der Waals surface area contributed by atoms with Crippen LogP contribution < -0.4 is 10.1 Å². The number of amides is 1. The molecule has 4 aromatic rings. The average molecular weight is 362 g/mol. The van der Waals surface area contributed by atoms with Crippen LogP contribution in [-0.2, 0) is 4.79 Å². The maximum atomic E-state index is 12.3. The number of carbonyl (C=O) groups is 1. The molecule has 1 amide bonds. The molecule has 4 rings (SSSR count). The van der Waals surface area contributed by atoms with Crippen LogP contribution in [-0.4, -0.2) is 12.5 Å². The fourth-order valence-corrected chi connectivity index (χ4v) is 3.20. The molecule has 0 aliphatic carbocycles. The van der Waals surface area contributed by atoms with Gasteiger partial charge in [-0.1, -0.05) is 66.2 Å². The average Bonchev–Trinajstić information content (AvgIpc) is 2.68. The highest BCUT2D eigenvalue weighted by Crippen LogP contribution is 2.31. The monoisotopic (exact) mass is 361 g/mol. The summed E-state index contributed by atoms with van der Waals surface area (Å²) in [4.78, 5) is 12.3. The van der Waals surface area contributed by atoms with Crippen LogP contribution in [0.15, 0.2) is 78.9 Å². The zero-order valence-electron chi connectivity index (χ0n) is 13.9. The molecule has 128 valence electrons. The summed E-state index contributed by atoms with van der Waals surface area (Å²) in [6, 6.07) is 25.1. The minimum atomic E-state index is -0.209. The third kappa shape index (κ3) is 3.35. The Balaban J connectivity index is 1.48. The smallest absolute Gasteiger partial charge is 0.262 e. The van der Waals surface area contributed by atoms with Gasteiger partial charge >= 0.3 is 0 Å². The van der Waals surface area contributed by atoms with Gasteiger partial charge in [0.15, 0.2) is 6.61 Å². The van der Waals surface area contributed by atoms with E-state index in [9.17, 15) is 4.79 Å². The molecule has 3 nitrogen and oxygen atoms in total. The van der Waals surface area contributed by atoms with Crippen molar-refractivity contribution in [1.29, 1.82) is 0 Å². The number of ether oxygens (including phenoxy) is 1. The van der Waals surface area contributed by atoms with E-state index in [2.05, 4.69) is 5.32 Å². The lowest BCUT2D eigenvalue weighted by molar-refractivity contribution is -0.118. The third-order valence-electron chi connectivity index (χ3n) is 4.22. The van der Waals surface area contributed by atoms with Crippen LogP contribution in [0.25, 0.3) is 21.5 Å². The maximum absolute atomic E-state index is 12.3. The molecule has 0 aromatic heterocycles. The first kappa shape index (κ1) is 16.4. The predicted octanol–water partition coefficient (Wildman–Crippen LogP) is 5.66. The summed E-state index contributed by atoms with van der Waals surface area (Å²) in [6.07, 6.45) is 0. The summed E-state index contributed by atoms with van der Waals surface area (Å²) in [5, 5.41) is 7.54. The van der Waals surface area contributed by atoms with E-state index in [0.717, 1.165) is 27.2 Å². The maximum Gasteiger partial charge on any atom is 0.262 e. The van der Waals surface area contributed by atoms with Gasteiger partial charge in [0.1, 0.15) is 5.75 Å². The van der Waals surface area contributed by atoms with E-state index in [1.54, 1.807) is 12.1 Å². The minimum Gasteiger partial charge on any atom is -0.483 e. The predicted molar refractivity (Wildman–Crippen MR) is 107 cm³/mol. The first-order valence-electron chi connectivity index (χ1n) is 8.29. The van der Waals surface area contributed by atoms with Gasteiger partial charge in [0.25, 0.3) is 5.91 Å². The lowest BCUT2D eigenvalue weighted by Gasteiger charge is -2.11. The lowest BCUT2D eigenvalue weighted by Crippen LogP contribution is -2.20. The summed E-state index contributed by atoms with van der Waals surface area (Å²) in [6.45, 7) is -0.0710. The van der Waals surface area contributed by atoms with E-state index < -0.39 is 0 Å². The van der Waals surface area contributed by atoms with Crippen LogP contribution >= 0.6 is 11.6 Å². The Morgan fingerprint density at radius 3 is 2.42 bits per heavy atom. The van der Waals surface area contributed by atoms with Gasteiger partial charge in [-0.3, -0.25) is 4.79 Å². The van der Waals surface area contributed by atoms with Gasteiger partial charge in [-0.25, -0.2) is 0 Å². The van der Waals surface area contributed by atoms with Crippen LogP contribution in [0.4, 0.5) is 5.69 Å². The summed E-state index contributed by atoms with van der Waals surface area (Å²) in [5.41, 5.74) is 0.748. The van der Waals surface area contributed by atoms with Crippen molar-refractivity contribution in [2.24, 2.45) is 0 Å². The van der Waals surface area contributed by atoms with Crippen molar-refractivity contribution in [3.8, 4) is 5.75 Å². The van der Waals surface area contributed by atoms with Crippen LogP contribution in [0.5, 0.6) is 5.75 Å². The highest BCUT2D eigenvalue weighted by molar-refractivity contribution is 6.35. The number of hydrogen-bond acceptors (Lipinski definition) is 2. The van der Waals surface area contributed by atoms with E-state index in [1.165, 1.54) is 0 Å². The second-order valence-electron chi connectivity index (χ2n) is 5.99. The van der Waals surface area contributed by atoms with E-state index in [1.807, 2.05) is 66.7 Å². The molecule has 0 aliphatic rings. The number of rotatable bonds is 4. The summed E-state index contributed by atoms with van der Waals surface area (Å²) >= 11 is 6.21. The fraction of sp³-hybridized carbons (Fsp3) is 0.0455. The first-order valence-corrected chi connectivity index (χ1v) is 8.67. The van der Waals surface area contributed by atoms with Crippen molar-refractivity contribution < 1.29 is 9.53 Å². The molecule has 26 heavy (non-hydrogen) atoms. The van der Waals surface area contributed by atoms with Gasteiger partial charge in [-0.2, -0.15) is 0 Å². The molecular formula is C22H16ClNO2. The fourth-order valence-electron chi connectivity index (χ4n) is 2.97. The SMILES string of the molecule is O=C(COc1ccc(Cl)c2ccccc12)Nc1ccc2ccccc2c1. The van der Waals surface area contributed by atoms with E-state index in [-0.39, 0.29) is 12.5 Å². The topological polar surface area (TPSA) is 38.3 Å². The highest BCUT2D eigenvalue weighted by Gasteiger charge is 2.08. The van der Waals surface area contributed by atoms with Crippen LogP contribution in [0.2, 0.25) is 5.02 Å². The number of benzene rings is 4. The molecule has 0 aliphatic heterocycles. The molecule has 4 aromatic carbocycles. The molecule has 0 saturated heterocycles. The molecule has 1 N–H and O–H groups in total.